The molecule has 2 aromatic carbocycles. The second-order valence-electron chi connectivity index (χ2n) is 5.17. The largest absolute Gasteiger partial charge is 0.320 e. The van der Waals surface area contributed by atoms with Crippen molar-refractivity contribution in [3.05, 3.63) is 66.5 Å². The van der Waals surface area contributed by atoms with Gasteiger partial charge in [-0.1, -0.05) is 36.0 Å². The van der Waals surface area contributed by atoms with Gasteiger partial charge in [-0.3, -0.25) is 9.36 Å². The van der Waals surface area contributed by atoms with Gasteiger partial charge < -0.3 is 5.32 Å². The predicted molar refractivity (Wildman–Crippen MR) is 91.7 cm³/mol. The minimum atomic E-state index is -0.821. The van der Waals surface area contributed by atoms with Crippen molar-refractivity contribution in [2.75, 3.05) is 5.32 Å². The number of hydrogen-bond acceptors (Lipinski definition) is 4. The van der Waals surface area contributed by atoms with Crippen molar-refractivity contribution in [1.29, 1.82) is 0 Å². The molecule has 0 aliphatic rings. The third kappa shape index (κ3) is 3.85. The minimum absolute atomic E-state index is 0.454. The molecule has 1 atom stereocenters. The first-order valence-electron chi connectivity index (χ1n) is 7.43. The van der Waals surface area contributed by atoms with Gasteiger partial charge >= 0.3 is 0 Å². The molecule has 5 nitrogen and oxygen atoms in total. The molecule has 1 aromatic heterocycles. The van der Waals surface area contributed by atoms with Crippen LogP contribution >= 0.6 is 11.8 Å². The monoisotopic (exact) mass is 360 g/mol. The second-order valence-corrected chi connectivity index (χ2v) is 6.47. The van der Waals surface area contributed by atoms with Crippen LogP contribution in [0.3, 0.4) is 0 Å². The zero-order chi connectivity index (χ0) is 17.8. The Morgan fingerprint density at radius 1 is 1.12 bits per heavy atom. The van der Waals surface area contributed by atoms with Crippen LogP contribution in [-0.4, -0.2) is 25.9 Å². The van der Waals surface area contributed by atoms with E-state index in [1.54, 1.807) is 17.8 Å². The molecule has 1 heterocycles. The van der Waals surface area contributed by atoms with Gasteiger partial charge in [0.2, 0.25) is 5.91 Å². The van der Waals surface area contributed by atoms with Crippen molar-refractivity contribution in [1.82, 2.24) is 14.8 Å². The molecule has 0 saturated carbocycles. The first-order valence-corrected chi connectivity index (χ1v) is 8.31. The topological polar surface area (TPSA) is 59.8 Å². The number of amides is 1. The van der Waals surface area contributed by atoms with Crippen molar-refractivity contribution in [2.45, 2.75) is 17.3 Å². The molecule has 3 aromatic rings. The summed E-state index contributed by atoms with van der Waals surface area (Å²) in [6, 6.07) is 12.8. The highest BCUT2D eigenvalue weighted by Gasteiger charge is 2.21. The Labute approximate surface area is 147 Å². The molecule has 0 radical (unpaired) electrons. The summed E-state index contributed by atoms with van der Waals surface area (Å²) < 4.78 is 29.0. The highest BCUT2D eigenvalue weighted by atomic mass is 32.2. The fourth-order valence-corrected chi connectivity index (χ4v) is 2.97. The summed E-state index contributed by atoms with van der Waals surface area (Å²) in [6.45, 7) is 1.63. The number of nitrogens with one attached hydrogen (secondary N) is 1. The minimum Gasteiger partial charge on any atom is -0.320 e. The number of aromatic nitrogens is 3. The summed E-state index contributed by atoms with van der Waals surface area (Å²) in [5.41, 5.74) is 0.396. The fraction of sp³-hybridized carbons (Fsp3) is 0.118. The molecule has 0 aliphatic carbocycles. The van der Waals surface area contributed by atoms with Crippen molar-refractivity contribution in [3.63, 3.8) is 0 Å². The lowest BCUT2D eigenvalue weighted by Crippen LogP contribution is -2.24. The quantitative estimate of drug-likeness (QED) is 0.706. The average molecular weight is 360 g/mol. The predicted octanol–water partition coefficient (Wildman–Crippen LogP) is 3.66. The van der Waals surface area contributed by atoms with E-state index < -0.39 is 28.5 Å². The molecular weight excluding hydrogens is 346 g/mol. The molecular formula is C17H14F2N4OS. The number of benzene rings is 2. The van der Waals surface area contributed by atoms with Crippen LogP contribution in [-0.2, 0) is 4.79 Å². The molecule has 0 bridgehead atoms. The number of anilines is 1. The lowest BCUT2D eigenvalue weighted by Gasteiger charge is -2.13. The van der Waals surface area contributed by atoms with Crippen LogP contribution in [0.25, 0.3) is 5.69 Å². The molecule has 3 rings (SSSR count). The number of halogens is 2. The standard InChI is InChI=1S/C17H14F2N4OS/c1-11(16(24)21-15-13(18)8-5-9-14(15)19)25-17-22-20-10-23(17)12-6-3-2-4-7-12/h2-11H,1H3,(H,21,24). The van der Waals surface area contributed by atoms with E-state index in [1.807, 2.05) is 30.3 Å². The van der Waals surface area contributed by atoms with Gasteiger partial charge in [0.1, 0.15) is 23.6 Å². The normalized spacial score (nSPS) is 12.0. The van der Waals surface area contributed by atoms with Crippen LogP contribution in [0.4, 0.5) is 14.5 Å². The van der Waals surface area contributed by atoms with Crippen molar-refractivity contribution >= 4 is 23.4 Å². The molecule has 25 heavy (non-hydrogen) atoms. The molecule has 1 unspecified atom stereocenters. The molecule has 1 N–H and O–H groups in total. The number of carbonyl (C=O) groups is 1. The summed E-state index contributed by atoms with van der Waals surface area (Å²) in [7, 11) is 0. The van der Waals surface area contributed by atoms with E-state index in [0.717, 1.165) is 29.6 Å². The lowest BCUT2D eigenvalue weighted by atomic mass is 10.3. The van der Waals surface area contributed by atoms with Crippen molar-refractivity contribution < 1.29 is 13.6 Å². The van der Waals surface area contributed by atoms with E-state index in [1.165, 1.54) is 6.07 Å². The first kappa shape index (κ1) is 17.1. The SMILES string of the molecule is CC(Sc1nncn1-c1ccccc1)C(=O)Nc1c(F)cccc1F. The summed E-state index contributed by atoms with van der Waals surface area (Å²) in [5, 5.41) is 10.0. The van der Waals surface area contributed by atoms with Crippen LogP contribution in [0.5, 0.6) is 0 Å². The third-order valence-corrected chi connectivity index (χ3v) is 4.47. The summed E-state index contributed by atoms with van der Waals surface area (Å²) in [4.78, 5) is 12.3. The van der Waals surface area contributed by atoms with Crippen molar-refractivity contribution in [2.24, 2.45) is 0 Å². The van der Waals surface area contributed by atoms with Gasteiger partial charge in [-0.2, -0.15) is 0 Å². The zero-order valence-corrected chi connectivity index (χ0v) is 14.0. The van der Waals surface area contributed by atoms with E-state index in [2.05, 4.69) is 15.5 Å². The van der Waals surface area contributed by atoms with E-state index in [0.29, 0.717) is 5.16 Å². The molecule has 0 fully saturated rings. The maximum atomic E-state index is 13.6. The van der Waals surface area contributed by atoms with Crippen LogP contribution in [0.1, 0.15) is 6.92 Å². The van der Waals surface area contributed by atoms with Gasteiger partial charge in [-0.15, -0.1) is 10.2 Å². The number of nitrogens with zero attached hydrogens (tertiary/aromatic N) is 3. The number of hydrogen-bond donors (Lipinski definition) is 1. The lowest BCUT2D eigenvalue weighted by molar-refractivity contribution is -0.115. The van der Waals surface area contributed by atoms with Gasteiger partial charge in [0, 0.05) is 5.69 Å². The van der Waals surface area contributed by atoms with Crippen LogP contribution in [0.2, 0.25) is 0 Å². The van der Waals surface area contributed by atoms with Gasteiger partial charge in [-0.25, -0.2) is 8.78 Å². The Morgan fingerprint density at radius 2 is 1.80 bits per heavy atom. The summed E-state index contributed by atoms with van der Waals surface area (Å²) in [5.74, 6) is -2.17. The van der Waals surface area contributed by atoms with E-state index in [-0.39, 0.29) is 0 Å². The van der Waals surface area contributed by atoms with E-state index >= 15 is 0 Å². The Balaban J connectivity index is 1.74. The van der Waals surface area contributed by atoms with E-state index in [4.69, 9.17) is 0 Å². The number of rotatable bonds is 5. The maximum Gasteiger partial charge on any atom is 0.237 e. The van der Waals surface area contributed by atoms with E-state index in [9.17, 15) is 13.6 Å². The molecule has 128 valence electrons. The molecule has 1 amide bonds. The molecule has 0 aliphatic heterocycles. The van der Waals surface area contributed by atoms with Crippen LogP contribution in [0, 0.1) is 11.6 Å². The maximum absolute atomic E-state index is 13.6. The Kier molecular flexibility index (Phi) is 5.08. The van der Waals surface area contributed by atoms with Gasteiger partial charge in [0.25, 0.3) is 0 Å². The smallest absolute Gasteiger partial charge is 0.237 e. The van der Waals surface area contributed by atoms with Crippen LogP contribution < -0.4 is 5.32 Å². The molecule has 8 heteroatoms. The van der Waals surface area contributed by atoms with Gasteiger partial charge in [0.05, 0.1) is 5.25 Å². The van der Waals surface area contributed by atoms with Crippen LogP contribution in [0.15, 0.2) is 60.0 Å². The molecule has 0 saturated heterocycles. The summed E-state index contributed by atoms with van der Waals surface area (Å²) in [6.07, 6.45) is 1.54. The highest BCUT2D eigenvalue weighted by Crippen LogP contribution is 2.25. The third-order valence-electron chi connectivity index (χ3n) is 3.41. The highest BCUT2D eigenvalue weighted by molar-refractivity contribution is 8.00. The first-order chi connectivity index (χ1) is 12.1. The second kappa shape index (κ2) is 7.43. The number of para-hydroxylation sites is 2. The Hall–Kier alpha value is -2.74. The fourth-order valence-electron chi connectivity index (χ4n) is 2.12. The Morgan fingerprint density at radius 3 is 2.48 bits per heavy atom. The Bertz CT molecular complexity index is 865. The van der Waals surface area contributed by atoms with Gasteiger partial charge in [0.15, 0.2) is 5.16 Å². The average Bonchev–Trinajstić information content (AvgIpc) is 3.07. The zero-order valence-electron chi connectivity index (χ0n) is 13.2. The number of carbonyl (C=O) groups excluding carboxylic acids is 1. The van der Waals surface area contributed by atoms with Gasteiger partial charge in [-0.05, 0) is 31.2 Å². The number of thioether (sulfide) groups is 1. The van der Waals surface area contributed by atoms with Crippen molar-refractivity contribution in [3.8, 4) is 5.69 Å². The molecule has 0 spiro atoms. The summed E-state index contributed by atoms with van der Waals surface area (Å²) >= 11 is 1.14.